The highest BCUT2D eigenvalue weighted by atomic mass is 35.5. The number of sulfone groups is 1. The van der Waals surface area contributed by atoms with Crippen LogP contribution in [0.1, 0.15) is 44.2 Å². The predicted molar refractivity (Wildman–Crippen MR) is 123 cm³/mol. The van der Waals surface area contributed by atoms with Crippen LogP contribution in [0.25, 0.3) is 10.9 Å². The van der Waals surface area contributed by atoms with Gasteiger partial charge in [-0.3, -0.25) is 4.79 Å². The molecule has 0 spiro atoms. The van der Waals surface area contributed by atoms with Crippen molar-refractivity contribution in [2.24, 2.45) is 0 Å². The minimum atomic E-state index is -3.32. The average Bonchev–Trinajstić information content (AvgIpc) is 3.26. The fraction of sp³-hybridized carbons (Fsp3) is 0.348. The van der Waals surface area contributed by atoms with Gasteiger partial charge >= 0.3 is 0 Å². The van der Waals surface area contributed by atoms with Crippen molar-refractivity contribution in [2.45, 2.75) is 50.5 Å². The fourth-order valence-corrected chi connectivity index (χ4v) is 5.40. The van der Waals surface area contributed by atoms with Crippen LogP contribution in [0.3, 0.4) is 0 Å². The molecule has 0 unspecified atom stereocenters. The molecule has 0 aliphatic heterocycles. The van der Waals surface area contributed by atoms with Gasteiger partial charge in [-0.15, -0.1) is 0 Å². The van der Waals surface area contributed by atoms with Gasteiger partial charge in [0.15, 0.2) is 9.84 Å². The number of pyridine rings is 1. The van der Waals surface area contributed by atoms with E-state index in [1.807, 2.05) is 0 Å². The van der Waals surface area contributed by atoms with Crippen LogP contribution in [0, 0.1) is 12.7 Å². The third-order valence-corrected chi connectivity index (χ3v) is 7.98. The van der Waals surface area contributed by atoms with Gasteiger partial charge in [0.25, 0.3) is 5.56 Å². The monoisotopic (exact) mass is 462 g/mol. The van der Waals surface area contributed by atoms with Crippen molar-refractivity contribution in [3.63, 3.8) is 0 Å². The summed E-state index contributed by atoms with van der Waals surface area (Å²) in [6.45, 7) is 3.36. The number of nitrogens with zero attached hydrogens (tertiary/aromatic N) is 1. The molecule has 0 radical (unpaired) electrons. The lowest BCUT2D eigenvalue weighted by Crippen LogP contribution is -2.24. The molecule has 4 rings (SSSR count). The molecule has 0 saturated heterocycles. The quantitative estimate of drug-likeness (QED) is 0.523. The Morgan fingerprint density at radius 2 is 1.84 bits per heavy atom. The molecule has 31 heavy (non-hydrogen) atoms. The largest absolute Gasteiger partial charge is 0.353 e. The third kappa shape index (κ3) is 4.08. The highest BCUT2D eigenvalue weighted by molar-refractivity contribution is 7.91. The molecule has 0 amide bonds. The van der Waals surface area contributed by atoms with Crippen LogP contribution in [0.4, 0.5) is 15.8 Å². The van der Waals surface area contributed by atoms with E-state index in [0.717, 1.165) is 25.7 Å². The molecule has 1 heterocycles. The predicted octanol–water partition coefficient (Wildman–Crippen LogP) is 5.75. The number of nitrogens with one attached hydrogen (secondary N) is 1. The van der Waals surface area contributed by atoms with E-state index >= 15 is 0 Å². The van der Waals surface area contributed by atoms with Crippen molar-refractivity contribution < 1.29 is 12.8 Å². The van der Waals surface area contributed by atoms with Crippen molar-refractivity contribution in [3.05, 3.63) is 63.2 Å². The van der Waals surface area contributed by atoms with E-state index in [4.69, 9.17) is 11.6 Å². The number of fused-ring (bicyclic) bond motifs is 1. The van der Waals surface area contributed by atoms with Crippen LogP contribution < -0.4 is 10.9 Å². The molecular weight excluding hydrogens is 439 g/mol. The van der Waals surface area contributed by atoms with Gasteiger partial charge in [0.1, 0.15) is 10.8 Å². The van der Waals surface area contributed by atoms with E-state index in [1.165, 1.54) is 18.2 Å². The van der Waals surface area contributed by atoms with Crippen LogP contribution >= 0.6 is 11.6 Å². The SMILES string of the molecule is CCS(=O)(=O)c1ccc(Nc2cc3c(cc2F)cc(Cl)c(=O)n3C2CCCC2)c(C)c1. The molecule has 1 aliphatic carbocycles. The van der Waals surface area contributed by atoms with E-state index in [1.54, 1.807) is 36.6 Å². The van der Waals surface area contributed by atoms with Crippen LogP contribution in [0.15, 0.2) is 46.1 Å². The number of aryl methyl sites for hydroxylation is 1. The summed E-state index contributed by atoms with van der Waals surface area (Å²) in [6, 6.07) is 9.29. The molecule has 1 N–H and O–H groups in total. The van der Waals surface area contributed by atoms with E-state index < -0.39 is 15.7 Å². The maximum atomic E-state index is 14.9. The molecule has 1 fully saturated rings. The highest BCUT2D eigenvalue weighted by Gasteiger charge is 2.22. The van der Waals surface area contributed by atoms with Gasteiger partial charge in [0.2, 0.25) is 0 Å². The second-order valence-corrected chi connectivity index (χ2v) is 10.7. The Hall–Kier alpha value is -2.38. The average molecular weight is 463 g/mol. The summed E-state index contributed by atoms with van der Waals surface area (Å²) in [6.07, 6.45) is 3.87. The standard InChI is InChI=1S/C23H24ClFN2O3S/c1-3-31(29,30)17-8-9-20(14(2)10-17)26-21-13-22-15(12-19(21)25)11-18(24)23(28)27(22)16-6-4-5-7-16/h8-13,16,26H,3-7H2,1-2H3. The first kappa shape index (κ1) is 21.8. The Kier molecular flexibility index (Phi) is 5.83. The molecule has 164 valence electrons. The lowest BCUT2D eigenvalue weighted by molar-refractivity contribution is 0.519. The summed E-state index contributed by atoms with van der Waals surface area (Å²) in [5.41, 5.74) is 1.86. The summed E-state index contributed by atoms with van der Waals surface area (Å²) in [5, 5.41) is 3.72. The molecule has 8 heteroatoms. The van der Waals surface area contributed by atoms with Crippen LogP contribution in [0.2, 0.25) is 5.02 Å². The molecule has 1 saturated carbocycles. The Morgan fingerprint density at radius 3 is 2.48 bits per heavy atom. The van der Waals surface area contributed by atoms with Crippen molar-refractivity contribution in [2.75, 3.05) is 11.1 Å². The Bertz CT molecular complexity index is 1330. The Balaban J connectivity index is 1.80. The molecule has 1 aliphatic rings. The lowest BCUT2D eigenvalue weighted by atomic mass is 10.1. The van der Waals surface area contributed by atoms with E-state index in [9.17, 15) is 17.6 Å². The molecule has 2 aromatic carbocycles. The van der Waals surface area contributed by atoms with Crippen molar-refractivity contribution in [1.29, 1.82) is 0 Å². The maximum Gasteiger partial charge on any atom is 0.270 e. The summed E-state index contributed by atoms with van der Waals surface area (Å²) in [5.74, 6) is -0.468. The first-order valence-corrected chi connectivity index (χ1v) is 12.4. The minimum Gasteiger partial charge on any atom is -0.353 e. The van der Waals surface area contributed by atoms with Gasteiger partial charge in [-0.25, -0.2) is 12.8 Å². The number of rotatable bonds is 5. The fourth-order valence-electron chi connectivity index (χ4n) is 4.23. The van der Waals surface area contributed by atoms with Gasteiger partial charge in [-0.05, 0) is 61.7 Å². The highest BCUT2D eigenvalue weighted by Crippen LogP contribution is 2.34. The summed E-state index contributed by atoms with van der Waals surface area (Å²) in [7, 11) is -3.32. The number of hydrogen-bond donors (Lipinski definition) is 1. The van der Waals surface area contributed by atoms with Gasteiger partial charge in [0, 0.05) is 17.1 Å². The van der Waals surface area contributed by atoms with Gasteiger partial charge < -0.3 is 9.88 Å². The molecule has 0 atom stereocenters. The molecule has 5 nitrogen and oxygen atoms in total. The second-order valence-electron chi connectivity index (χ2n) is 8.00. The summed E-state index contributed by atoms with van der Waals surface area (Å²) >= 11 is 6.16. The van der Waals surface area contributed by atoms with Crippen LogP contribution in [-0.2, 0) is 9.84 Å². The number of benzene rings is 2. The lowest BCUT2D eigenvalue weighted by Gasteiger charge is -2.19. The number of halogens is 2. The number of anilines is 2. The zero-order valence-corrected chi connectivity index (χ0v) is 19.0. The van der Waals surface area contributed by atoms with Crippen molar-refractivity contribution >= 4 is 43.7 Å². The molecule has 0 bridgehead atoms. The zero-order chi connectivity index (χ0) is 22.3. The maximum absolute atomic E-state index is 14.9. The van der Waals surface area contributed by atoms with E-state index in [2.05, 4.69) is 5.32 Å². The van der Waals surface area contributed by atoms with Gasteiger partial charge in [0.05, 0.1) is 21.9 Å². The first-order chi connectivity index (χ1) is 14.7. The second kappa shape index (κ2) is 8.28. The summed E-state index contributed by atoms with van der Waals surface area (Å²) < 4.78 is 40.9. The van der Waals surface area contributed by atoms with E-state index in [-0.39, 0.29) is 33.0 Å². The number of aromatic nitrogens is 1. The van der Waals surface area contributed by atoms with Crippen LogP contribution in [-0.4, -0.2) is 18.7 Å². The smallest absolute Gasteiger partial charge is 0.270 e. The van der Waals surface area contributed by atoms with E-state index in [0.29, 0.717) is 22.2 Å². The number of hydrogen-bond acceptors (Lipinski definition) is 4. The molecule has 3 aromatic rings. The Morgan fingerprint density at radius 1 is 1.13 bits per heavy atom. The normalized spacial score (nSPS) is 15.0. The molecular formula is C23H24ClFN2O3S. The van der Waals surface area contributed by atoms with Crippen molar-refractivity contribution in [1.82, 2.24) is 4.57 Å². The van der Waals surface area contributed by atoms with Crippen molar-refractivity contribution in [3.8, 4) is 0 Å². The Labute approximate surface area is 185 Å². The van der Waals surface area contributed by atoms with Gasteiger partial charge in [-0.1, -0.05) is 31.4 Å². The minimum absolute atomic E-state index is 0.0137. The molecule has 1 aromatic heterocycles. The topological polar surface area (TPSA) is 68.2 Å². The first-order valence-electron chi connectivity index (χ1n) is 10.4. The zero-order valence-electron chi connectivity index (χ0n) is 17.4. The van der Waals surface area contributed by atoms with Gasteiger partial charge in [-0.2, -0.15) is 0 Å². The third-order valence-electron chi connectivity index (χ3n) is 5.98. The van der Waals surface area contributed by atoms with Crippen LogP contribution in [0.5, 0.6) is 0 Å². The summed E-state index contributed by atoms with van der Waals surface area (Å²) in [4.78, 5) is 13.0.